The van der Waals surface area contributed by atoms with Gasteiger partial charge in [0.1, 0.15) is 5.76 Å². The van der Waals surface area contributed by atoms with E-state index in [0.29, 0.717) is 6.42 Å². The summed E-state index contributed by atoms with van der Waals surface area (Å²) in [6.45, 7) is 7.93. The van der Waals surface area contributed by atoms with Crippen molar-refractivity contribution in [3.8, 4) is 0 Å². The van der Waals surface area contributed by atoms with Crippen LogP contribution in [-0.4, -0.2) is 16.8 Å². The van der Waals surface area contributed by atoms with E-state index in [1.165, 1.54) is 6.92 Å². The quantitative estimate of drug-likeness (QED) is 0.506. The van der Waals surface area contributed by atoms with E-state index in [4.69, 9.17) is 0 Å². The maximum Gasteiger partial charge on any atom is 0.246 e. The number of hydrogen-bond donors (Lipinski definition) is 1. The first kappa shape index (κ1) is 18.1. The number of Topliss-reactive ketones (excluding diaryl/α,β-unsaturated/α-hetero) is 1. The lowest BCUT2D eigenvalue weighted by atomic mass is 9.87. The monoisotopic (exact) mass is 276 g/mol. The van der Waals surface area contributed by atoms with Crippen molar-refractivity contribution < 1.29 is 18.7 Å². The van der Waals surface area contributed by atoms with Gasteiger partial charge in [-0.05, 0) is 33.1 Å². The van der Waals surface area contributed by atoms with Gasteiger partial charge in [-0.2, -0.15) is 0 Å². The lowest BCUT2D eigenvalue weighted by Gasteiger charge is -2.20. The Morgan fingerprint density at radius 1 is 1.11 bits per heavy atom. The number of allylic oxidation sites excluding steroid dienone is 2. The Balaban J connectivity index is 5.10. The number of carbonyl (C=O) groups is 1. The number of rotatable bonds is 8. The zero-order valence-electron chi connectivity index (χ0n) is 12.6. The van der Waals surface area contributed by atoms with Crippen molar-refractivity contribution in [2.45, 2.75) is 66.2 Å². The minimum Gasteiger partial charge on any atom is -0.512 e. The average molecular weight is 276 g/mol. The smallest absolute Gasteiger partial charge is 0.246 e. The van der Waals surface area contributed by atoms with Gasteiger partial charge >= 0.3 is 0 Å². The molecular weight excluding hydrogens is 250 g/mol. The summed E-state index contributed by atoms with van der Waals surface area (Å²) in [6, 6.07) is 0. The van der Waals surface area contributed by atoms with E-state index in [9.17, 15) is 18.7 Å². The maximum atomic E-state index is 13.0. The maximum absolute atomic E-state index is 13.0. The highest BCUT2D eigenvalue weighted by atomic mass is 19.3. The molecule has 0 heterocycles. The summed E-state index contributed by atoms with van der Waals surface area (Å²) >= 11 is 0. The zero-order chi connectivity index (χ0) is 15.2. The molecule has 0 saturated heterocycles. The van der Waals surface area contributed by atoms with Crippen LogP contribution in [0.2, 0.25) is 0 Å². The molecule has 2 nitrogen and oxygen atoms in total. The average Bonchev–Trinajstić information content (AvgIpc) is 2.34. The first-order chi connectivity index (χ1) is 8.67. The second kappa shape index (κ2) is 7.61. The number of hydrogen-bond acceptors (Lipinski definition) is 2. The van der Waals surface area contributed by atoms with Crippen LogP contribution < -0.4 is 0 Å². The van der Waals surface area contributed by atoms with Crippen molar-refractivity contribution in [1.29, 1.82) is 0 Å². The Bertz CT molecular complexity index is 326. The van der Waals surface area contributed by atoms with E-state index in [0.717, 1.165) is 19.8 Å². The van der Waals surface area contributed by atoms with Gasteiger partial charge in [0.15, 0.2) is 5.78 Å². The summed E-state index contributed by atoms with van der Waals surface area (Å²) in [6.07, 6.45) is 1.35. The first-order valence-corrected chi connectivity index (χ1v) is 6.99. The van der Waals surface area contributed by atoms with Crippen LogP contribution in [0.1, 0.15) is 60.3 Å². The predicted octanol–water partition coefficient (Wildman–Crippen LogP) is 4.90. The van der Waals surface area contributed by atoms with Crippen LogP contribution in [0.25, 0.3) is 0 Å². The van der Waals surface area contributed by atoms with E-state index in [-0.39, 0.29) is 23.0 Å². The number of aliphatic hydroxyl groups is 1. The van der Waals surface area contributed by atoms with Gasteiger partial charge in [0.25, 0.3) is 0 Å². The van der Waals surface area contributed by atoms with Crippen molar-refractivity contribution in [2.75, 3.05) is 0 Å². The topological polar surface area (TPSA) is 37.3 Å². The number of ketones is 1. The van der Waals surface area contributed by atoms with Gasteiger partial charge in [-0.1, -0.05) is 20.8 Å². The molecule has 0 rings (SSSR count). The summed E-state index contributed by atoms with van der Waals surface area (Å²) in [4.78, 5) is 12.2. The molecule has 0 aliphatic rings. The molecule has 112 valence electrons. The fourth-order valence-corrected chi connectivity index (χ4v) is 2.27. The molecule has 19 heavy (non-hydrogen) atoms. The highest BCUT2D eigenvalue weighted by Crippen LogP contribution is 2.29. The molecule has 1 atom stereocenters. The summed E-state index contributed by atoms with van der Waals surface area (Å²) in [7, 11) is 0. The Kier molecular flexibility index (Phi) is 7.24. The van der Waals surface area contributed by atoms with E-state index in [1.807, 2.05) is 13.8 Å². The lowest BCUT2D eigenvalue weighted by molar-refractivity contribution is -0.122. The Hall–Kier alpha value is -0.930. The second-order valence-electron chi connectivity index (χ2n) is 5.27. The molecule has 0 aromatic heterocycles. The third-order valence-corrected chi connectivity index (χ3v) is 3.59. The van der Waals surface area contributed by atoms with Crippen LogP contribution in [0.15, 0.2) is 11.3 Å². The summed E-state index contributed by atoms with van der Waals surface area (Å²) in [5, 5.41) is 10.1. The van der Waals surface area contributed by atoms with Gasteiger partial charge < -0.3 is 5.11 Å². The first-order valence-electron chi connectivity index (χ1n) is 6.99. The molecule has 1 N–H and O–H groups in total. The summed E-state index contributed by atoms with van der Waals surface area (Å²) < 4.78 is 26.1. The Labute approximate surface area is 114 Å². The normalized spacial score (nSPS) is 15.4. The van der Waals surface area contributed by atoms with Crippen LogP contribution in [0.3, 0.4) is 0 Å². The van der Waals surface area contributed by atoms with Gasteiger partial charge in [-0.3, -0.25) is 4.79 Å². The van der Waals surface area contributed by atoms with Gasteiger partial charge in [0.05, 0.1) is 0 Å². The minimum absolute atomic E-state index is 0.0628. The van der Waals surface area contributed by atoms with Gasteiger partial charge in [0, 0.05) is 23.8 Å². The molecule has 0 radical (unpaired) electrons. The molecular formula is C15H26F2O2. The van der Waals surface area contributed by atoms with Crippen molar-refractivity contribution in [3.63, 3.8) is 0 Å². The molecule has 4 heteroatoms. The van der Waals surface area contributed by atoms with Crippen LogP contribution in [0.5, 0.6) is 0 Å². The summed E-state index contributed by atoms with van der Waals surface area (Å²) in [5.74, 6) is -3.94. The number of halogens is 2. The highest BCUT2D eigenvalue weighted by molar-refractivity contribution is 5.97. The largest absolute Gasteiger partial charge is 0.512 e. The summed E-state index contributed by atoms with van der Waals surface area (Å²) in [5.41, 5.74) is 0.241. The van der Waals surface area contributed by atoms with Gasteiger partial charge in [-0.15, -0.1) is 0 Å². The fraction of sp³-hybridized carbons (Fsp3) is 0.800. The molecule has 0 aliphatic carbocycles. The van der Waals surface area contributed by atoms with Crippen molar-refractivity contribution >= 4 is 5.78 Å². The highest BCUT2D eigenvalue weighted by Gasteiger charge is 2.31. The predicted molar refractivity (Wildman–Crippen MR) is 73.4 cm³/mol. The van der Waals surface area contributed by atoms with E-state index < -0.39 is 18.3 Å². The molecule has 1 unspecified atom stereocenters. The SMILES string of the molecule is CCC(CC(C)(F)F)C(=O)/C(C)=C(\O)C(CC)CC. The molecule has 0 amide bonds. The van der Waals surface area contributed by atoms with Crippen molar-refractivity contribution in [2.24, 2.45) is 11.8 Å². The molecule has 0 bridgehead atoms. The fourth-order valence-electron chi connectivity index (χ4n) is 2.27. The van der Waals surface area contributed by atoms with Crippen LogP contribution >= 0.6 is 0 Å². The van der Waals surface area contributed by atoms with Crippen LogP contribution in [-0.2, 0) is 4.79 Å². The number of alkyl halides is 2. The lowest BCUT2D eigenvalue weighted by Crippen LogP contribution is -2.24. The molecule has 0 aliphatic heterocycles. The zero-order valence-corrected chi connectivity index (χ0v) is 12.6. The molecule has 0 spiro atoms. The number of carbonyl (C=O) groups excluding carboxylic acids is 1. The molecule has 0 fully saturated rings. The second-order valence-corrected chi connectivity index (χ2v) is 5.27. The number of aliphatic hydroxyl groups excluding tert-OH is 1. The van der Waals surface area contributed by atoms with Crippen molar-refractivity contribution in [3.05, 3.63) is 11.3 Å². The Morgan fingerprint density at radius 3 is 1.84 bits per heavy atom. The van der Waals surface area contributed by atoms with Gasteiger partial charge in [0.2, 0.25) is 5.92 Å². The standard InChI is InChI=1S/C15H26F2O2/c1-6-11(7-2)13(18)10(4)14(19)12(8-3)9-15(5,16)17/h11-12,18H,6-9H2,1-5H3/b13-10-. The molecule has 0 aromatic rings. The third-order valence-electron chi connectivity index (χ3n) is 3.59. The Morgan fingerprint density at radius 2 is 1.53 bits per heavy atom. The van der Waals surface area contributed by atoms with Crippen LogP contribution in [0.4, 0.5) is 8.78 Å². The molecule has 0 aromatic carbocycles. The van der Waals surface area contributed by atoms with E-state index in [1.54, 1.807) is 6.92 Å². The molecule has 0 saturated carbocycles. The van der Waals surface area contributed by atoms with E-state index in [2.05, 4.69) is 0 Å². The minimum atomic E-state index is -2.86. The van der Waals surface area contributed by atoms with E-state index >= 15 is 0 Å². The third kappa shape index (κ3) is 5.70. The van der Waals surface area contributed by atoms with Gasteiger partial charge in [-0.25, -0.2) is 8.78 Å². The van der Waals surface area contributed by atoms with Crippen LogP contribution in [0, 0.1) is 11.8 Å². The van der Waals surface area contributed by atoms with Crippen molar-refractivity contribution in [1.82, 2.24) is 0 Å².